The molecule has 4 heteroatoms. The van der Waals surface area contributed by atoms with E-state index in [-0.39, 0.29) is 0 Å². The van der Waals surface area contributed by atoms with Gasteiger partial charge in [-0.1, -0.05) is 25.7 Å². The second kappa shape index (κ2) is 5.57. The molecule has 0 spiro atoms. The van der Waals surface area contributed by atoms with Crippen molar-refractivity contribution in [2.45, 2.75) is 44.4 Å². The third-order valence-corrected chi connectivity index (χ3v) is 4.46. The minimum Gasteiger partial charge on any atom is -0.261 e. The summed E-state index contributed by atoms with van der Waals surface area (Å²) in [4.78, 5) is 13.2. The molecule has 0 bridgehead atoms. The molecule has 0 radical (unpaired) electrons. The van der Waals surface area contributed by atoms with Crippen molar-refractivity contribution in [1.82, 2.24) is 15.0 Å². The van der Waals surface area contributed by atoms with Gasteiger partial charge in [0, 0.05) is 23.7 Å². The Morgan fingerprint density at radius 2 is 1.89 bits per heavy atom. The summed E-state index contributed by atoms with van der Waals surface area (Å²) in [5, 5.41) is 3.21. The SMILES string of the molecule is c1cnc(-c2nc(C3CCCCCC3)cs2)cn1. The molecule has 2 heterocycles. The van der Waals surface area contributed by atoms with Gasteiger partial charge in [-0.15, -0.1) is 11.3 Å². The normalized spacial score (nSPS) is 17.6. The molecule has 94 valence electrons. The van der Waals surface area contributed by atoms with E-state index in [0.717, 1.165) is 10.7 Å². The summed E-state index contributed by atoms with van der Waals surface area (Å²) < 4.78 is 0. The first kappa shape index (κ1) is 11.8. The van der Waals surface area contributed by atoms with Gasteiger partial charge >= 0.3 is 0 Å². The van der Waals surface area contributed by atoms with E-state index in [2.05, 4.69) is 15.3 Å². The van der Waals surface area contributed by atoms with Crippen LogP contribution in [0.15, 0.2) is 24.0 Å². The highest BCUT2D eigenvalue weighted by molar-refractivity contribution is 7.13. The fourth-order valence-corrected chi connectivity index (χ4v) is 3.44. The van der Waals surface area contributed by atoms with Crippen LogP contribution >= 0.6 is 11.3 Å². The average molecular weight is 259 g/mol. The van der Waals surface area contributed by atoms with Crippen LogP contribution in [0, 0.1) is 0 Å². The number of hydrogen-bond donors (Lipinski definition) is 0. The van der Waals surface area contributed by atoms with Crippen LogP contribution in [0.25, 0.3) is 10.7 Å². The summed E-state index contributed by atoms with van der Waals surface area (Å²) in [5.74, 6) is 0.661. The summed E-state index contributed by atoms with van der Waals surface area (Å²) in [7, 11) is 0. The van der Waals surface area contributed by atoms with Crippen molar-refractivity contribution >= 4 is 11.3 Å². The van der Waals surface area contributed by atoms with Gasteiger partial charge in [0.05, 0.1) is 11.9 Å². The predicted molar refractivity (Wildman–Crippen MR) is 73.6 cm³/mol. The molecule has 1 saturated carbocycles. The van der Waals surface area contributed by atoms with E-state index in [0.29, 0.717) is 5.92 Å². The Balaban J connectivity index is 1.80. The second-order valence-corrected chi connectivity index (χ2v) is 5.71. The molecule has 18 heavy (non-hydrogen) atoms. The van der Waals surface area contributed by atoms with Gasteiger partial charge in [0.1, 0.15) is 10.7 Å². The zero-order valence-electron chi connectivity index (χ0n) is 10.4. The van der Waals surface area contributed by atoms with Crippen LogP contribution in [-0.4, -0.2) is 15.0 Å². The molecular weight excluding hydrogens is 242 g/mol. The highest BCUT2D eigenvalue weighted by Gasteiger charge is 2.17. The molecule has 2 aromatic rings. The minimum absolute atomic E-state index is 0.661. The molecular formula is C14H17N3S. The zero-order chi connectivity index (χ0) is 12.2. The summed E-state index contributed by atoms with van der Waals surface area (Å²) in [6.07, 6.45) is 13.3. The van der Waals surface area contributed by atoms with Crippen molar-refractivity contribution in [3.63, 3.8) is 0 Å². The lowest BCUT2D eigenvalue weighted by atomic mass is 9.98. The standard InChI is InChI=1S/C14H17N3S/c1-2-4-6-11(5-3-1)13-10-18-14(17-13)12-9-15-7-8-16-12/h7-11H,1-6H2. The van der Waals surface area contributed by atoms with Crippen molar-refractivity contribution in [1.29, 1.82) is 0 Å². The van der Waals surface area contributed by atoms with E-state index in [1.54, 1.807) is 29.9 Å². The summed E-state index contributed by atoms with van der Waals surface area (Å²) in [6.45, 7) is 0. The highest BCUT2D eigenvalue weighted by Crippen LogP contribution is 2.33. The Labute approximate surface area is 111 Å². The molecule has 1 fully saturated rings. The molecule has 1 aliphatic rings. The molecule has 0 saturated heterocycles. The second-order valence-electron chi connectivity index (χ2n) is 4.86. The quantitative estimate of drug-likeness (QED) is 0.764. The zero-order valence-corrected chi connectivity index (χ0v) is 11.2. The molecule has 0 unspecified atom stereocenters. The Hall–Kier alpha value is -1.29. The molecule has 0 atom stereocenters. The fourth-order valence-electron chi connectivity index (χ4n) is 2.58. The Kier molecular flexibility index (Phi) is 3.64. The maximum absolute atomic E-state index is 4.76. The van der Waals surface area contributed by atoms with Crippen LogP contribution in [0.2, 0.25) is 0 Å². The topological polar surface area (TPSA) is 38.7 Å². The summed E-state index contributed by atoms with van der Waals surface area (Å²) in [5.41, 5.74) is 2.16. The molecule has 1 aliphatic carbocycles. The highest BCUT2D eigenvalue weighted by atomic mass is 32.1. The first-order valence-electron chi connectivity index (χ1n) is 6.65. The molecule has 0 aromatic carbocycles. The molecule has 0 aliphatic heterocycles. The summed E-state index contributed by atoms with van der Waals surface area (Å²) in [6, 6.07) is 0. The van der Waals surface area contributed by atoms with Crippen LogP contribution in [0.3, 0.4) is 0 Å². The first-order valence-corrected chi connectivity index (χ1v) is 7.53. The number of thiazole rings is 1. The van der Waals surface area contributed by atoms with E-state index in [1.165, 1.54) is 44.2 Å². The van der Waals surface area contributed by atoms with Crippen LogP contribution in [0.5, 0.6) is 0 Å². The Bertz CT molecular complexity index is 487. The molecule has 0 N–H and O–H groups in total. The number of aromatic nitrogens is 3. The van der Waals surface area contributed by atoms with Crippen molar-refractivity contribution in [3.05, 3.63) is 29.7 Å². The van der Waals surface area contributed by atoms with E-state index in [4.69, 9.17) is 4.98 Å². The van der Waals surface area contributed by atoms with Gasteiger partial charge in [-0.2, -0.15) is 0 Å². The van der Waals surface area contributed by atoms with Crippen LogP contribution in [-0.2, 0) is 0 Å². The fraction of sp³-hybridized carbons (Fsp3) is 0.500. The Morgan fingerprint density at radius 3 is 2.61 bits per heavy atom. The predicted octanol–water partition coefficient (Wildman–Crippen LogP) is 4.04. The summed E-state index contributed by atoms with van der Waals surface area (Å²) >= 11 is 1.69. The number of nitrogens with zero attached hydrogens (tertiary/aromatic N) is 3. The van der Waals surface area contributed by atoms with Crippen molar-refractivity contribution in [2.75, 3.05) is 0 Å². The van der Waals surface area contributed by atoms with E-state index < -0.39 is 0 Å². The molecule has 3 rings (SSSR count). The van der Waals surface area contributed by atoms with Gasteiger partial charge in [-0.05, 0) is 12.8 Å². The van der Waals surface area contributed by atoms with Crippen LogP contribution in [0.1, 0.15) is 50.1 Å². The van der Waals surface area contributed by atoms with Gasteiger partial charge in [0.15, 0.2) is 0 Å². The van der Waals surface area contributed by atoms with Crippen molar-refractivity contribution in [3.8, 4) is 10.7 Å². The molecule has 2 aromatic heterocycles. The maximum Gasteiger partial charge on any atom is 0.143 e. The van der Waals surface area contributed by atoms with Gasteiger partial charge in [-0.3, -0.25) is 9.97 Å². The number of rotatable bonds is 2. The van der Waals surface area contributed by atoms with Crippen molar-refractivity contribution < 1.29 is 0 Å². The monoisotopic (exact) mass is 259 g/mol. The smallest absolute Gasteiger partial charge is 0.143 e. The minimum atomic E-state index is 0.661. The van der Waals surface area contributed by atoms with Crippen LogP contribution < -0.4 is 0 Å². The van der Waals surface area contributed by atoms with Crippen LogP contribution in [0.4, 0.5) is 0 Å². The number of hydrogen-bond acceptors (Lipinski definition) is 4. The average Bonchev–Trinajstić information content (AvgIpc) is 2.76. The lowest BCUT2D eigenvalue weighted by molar-refractivity contribution is 0.581. The third kappa shape index (κ3) is 2.58. The van der Waals surface area contributed by atoms with Crippen molar-refractivity contribution in [2.24, 2.45) is 0 Å². The molecule has 3 nitrogen and oxygen atoms in total. The van der Waals surface area contributed by atoms with E-state index >= 15 is 0 Å². The van der Waals surface area contributed by atoms with Gasteiger partial charge < -0.3 is 0 Å². The largest absolute Gasteiger partial charge is 0.261 e. The lowest BCUT2D eigenvalue weighted by Crippen LogP contribution is -1.97. The van der Waals surface area contributed by atoms with E-state index in [9.17, 15) is 0 Å². The van der Waals surface area contributed by atoms with Gasteiger partial charge in [0.2, 0.25) is 0 Å². The lowest BCUT2D eigenvalue weighted by Gasteiger charge is -2.09. The van der Waals surface area contributed by atoms with Gasteiger partial charge in [-0.25, -0.2) is 4.98 Å². The van der Waals surface area contributed by atoms with Gasteiger partial charge in [0.25, 0.3) is 0 Å². The third-order valence-electron chi connectivity index (χ3n) is 3.58. The first-order chi connectivity index (χ1) is 8.93. The molecule has 0 amide bonds. The Morgan fingerprint density at radius 1 is 1.06 bits per heavy atom. The maximum atomic E-state index is 4.76. The van der Waals surface area contributed by atoms with E-state index in [1.807, 2.05) is 0 Å².